The van der Waals surface area contributed by atoms with E-state index >= 15 is 0 Å². The van der Waals surface area contributed by atoms with Crippen molar-refractivity contribution in [2.24, 2.45) is 5.73 Å². The number of hydrogen-bond acceptors (Lipinski definition) is 6. The highest BCUT2D eigenvalue weighted by Gasteiger charge is 2.21. The third-order valence-electron chi connectivity index (χ3n) is 2.05. The van der Waals surface area contributed by atoms with E-state index in [2.05, 4.69) is 10.2 Å². The monoisotopic (exact) mass is 228 g/mol. The zero-order valence-corrected chi connectivity index (χ0v) is 10.3. The molecule has 0 saturated carbocycles. The average Bonchev–Trinajstić information content (AvgIpc) is 2.61. The molecule has 16 heavy (non-hydrogen) atoms. The fourth-order valence-corrected chi connectivity index (χ4v) is 1.32. The number of nitrogens with zero attached hydrogens (tertiary/aromatic N) is 3. The second kappa shape index (κ2) is 4.80. The summed E-state index contributed by atoms with van der Waals surface area (Å²) < 4.78 is 5.41. The Morgan fingerprint density at radius 3 is 2.50 bits per heavy atom. The highest BCUT2D eigenvalue weighted by atomic mass is 16.4. The Kier molecular flexibility index (Phi) is 3.88. The summed E-state index contributed by atoms with van der Waals surface area (Å²) in [5, 5.41) is 17.5. The lowest BCUT2D eigenvalue weighted by molar-refractivity contribution is 0.0863. The van der Waals surface area contributed by atoms with Crippen molar-refractivity contribution in [3.63, 3.8) is 0 Å². The van der Waals surface area contributed by atoms with Gasteiger partial charge in [0, 0.05) is 6.54 Å². The van der Waals surface area contributed by atoms with Gasteiger partial charge < -0.3 is 20.2 Å². The third-order valence-corrected chi connectivity index (χ3v) is 2.05. The number of aliphatic hydroxyl groups is 1. The Morgan fingerprint density at radius 1 is 1.50 bits per heavy atom. The van der Waals surface area contributed by atoms with Crippen molar-refractivity contribution in [1.82, 2.24) is 10.2 Å². The maximum Gasteiger partial charge on any atom is 0.318 e. The number of aromatic nitrogens is 2. The maximum atomic E-state index is 9.74. The first-order valence-corrected chi connectivity index (χ1v) is 5.40. The summed E-state index contributed by atoms with van der Waals surface area (Å²) in [5.41, 5.74) is 4.83. The van der Waals surface area contributed by atoms with Gasteiger partial charge in [-0.15, -0.1) is 5.10 Å². The number of anilines is 1. The van der Waals surface area contributed by atoms with Crippen molar-refractivity contribution in [2.75, 3.05) is 18.0 Å². The zero-order chi connectivity index (χ0) is 12.3. The van der Waals surface area contributed by atoms with Crippen molar-refractivity contribution in [3.05, 3.63) is 5.89 Å². The van der Waals surface area contributed by atoms with Crippen LogP contribution in [0.15, 0.2) is 4.42 Å². The van der Waals surface area contributed by atoms with Gasteiger partial charge in [0.1, 0.15) is 0 Å². The quantitative estimate of drug-likeness (QED) is 0.770. The van der Waals surface area contributed by atoms with E-state index in [-0.39, 0.29) is 6.04 Å². The van der Waals surface area contributed by atoms with Crippen LogP contribution in [0.2, 0.25) is 0 Å². The molecule has 6 heteroatoms. The average molecular weight is 228 g/mol. The molecule has 1 aromatic heterocycles. The molecule has 0 spiro atoms. The molecule has 0 bridgehead atoms. The Hall–Kier alpha value is -1.14. The van der Waals surface area contributed by atoms with Gasteiger partial charge in [-0.2, -0.15) is 0 Å². The van der Waals surface area contributed by atoms with Crippen LogP contribution in [-0.4, -0.2) is 34.0 Å². The SMILES string of the molecule is CCN(CC(C)(C)O)c1nnc(C(C)N)o1. The minimum atomic E-state index is -0.807. The maximum absolute atomic E-state index is 9.74. The van der Waals surface area contributed by atoms with Crippen LogP contribution in [0.1, 0.15) is 39.6 Å². The molecule has 0 saturated heterocycles. The lowest BCUT2D eigenvalue weighted by Crippen LogP contribution is -2.38. The number of nitrogens with two attached hydrogens (primary N) is 1. The van der Waals surface area contributed by atoms with E-state index in [1.54, 1.807) is 20.8 Å². The van der Waals surface area contributed by atoms with Crippen LogP contribution in [0.4, 0.5) is 6.01 Å². The molecule has 0 amide bonds. The summed E-state index contributed by atoms with van der Waals surface area (Å²) in [6, 6.07) is 0.124. The summed E-state index contributed by atoms with van der Waals surface area (Å²) in [4.78, 5) is 1.82. The van der Waals surface area contributed by atoms with Crippen LogP contribution in [0.25, 0.3) is 0 Å². The summed E-state index contributed by atoms with van der Waals surface area (Å²) in [7, 11) is 0. The minimum Gasteiger partial charge on any atom is -0.406 e. The second-order valence-corrected chi connectivity index (χ2v) is 4.54. The fourth-order valence-electron chi connectivity index (χ4n) is 1.32. The van der Waals surface area contributed by atoms with Gasteiger partial charge in [-0.1, -0.05) is 5.10 Å². The van der Waals surface area contributed by atoms with Gasteiger partial charge in [0.05, 0.1) is 18.2 Å². The molecule has 0 radical (unpaired) electrons. The molecular weight excluding hydrogens is 208 g/mol. The molecule has 1 heterocycles. The lowest BCUT2D eigenvalue weighted by atomic mass is 10.1. The molecule has 6 nitrogen and oxygen atoms in total. The fraction of sp³-hybridized carbons (Fsp3) is 0.800. The number of likely N-dealkylation sites (N-methyl/N-ethyl adjacent to an activating group) is 1. The van der Waals surface area contributed by atoms with E-state index in [0.29, 0.717) is 25.0 Å². The Labute approximate surface area is 95.4 Å². The molecule has 1 aromatic rings. The topological polar surface area (TPSA) is 88.4 Å². The normalized spacial score (nSPS) is 13.9. The van der Waals surface area contributed by atoms with Crippen LogP contribution in [0.5, 0.6) is 0 Å². The first kappa shape index (κ1) is 12.9. The molecule has 1 unspecified atom stereocenters. The van der Waals surface area contributed by atoms with Crippen LogP contribution in [-0.2, 0) is 0 Å². The van der Waals surface area contributed by atoms with Crippen LogP contribution >= 0.6 is 0 Å². The van der Waals surface area contributed by atoms with Gasteiger partial charge in [0.2, 0.25) is 5.89 Å². The first-order valence-electron chi connectivity index (χ1n) is 5.40. The van der Waals surface area contributed by atoms with Crippen molar-refractivity contribution < 1.29 is 9.52 Å². The molecule has 92 valence electrons. The van der Waals surface area contributed by atoms with Crippen molar-refractivity contribution in [2.45, 2.75) is 39.3 Å². The summed E-state index contributed by atoms with van der Waals surface area (Å²) in [5.74, 6) is 0.407. The number of hydrogen-bond donors (Lipinski definition) is 2. The van der Waals surface area contributed by atoms with Crippen molar-refractivity contribution >= 4 is 6.01 Å². The second-order valence-electron chi connectivity index (χ2n) is 4.54. The van der Waals surface area contributed by atoms with Gasteiger partial charge in [-0.3, -0.25) is 0 Å². The smallest absolute Gasteiger partial charge is 0.318 e. The van der Waals surface area contributed by atoms with Crippen molar-refractivity contribution in [1.29, 1.82) is 0 Å². The van der Waals surface area contributed by atoms with Gasteiger partial charge >= 0.3 is 6.01 Å². The number of rotatable bonds is 5. The molecule has 0 fully saturated rings. The predicted octanol–water partition coefficient (Wildman–Crippen LogP) is 0.687. The molecular formula is C10H20N4O2. The van der Waals surface area contributed by atoms with E-state index in [9.17, 15) is 5.11 Å². The Balaban J connectivity index is 2.79. The summed E-state index contributed by atoms with van der Waals surface area (Å²) in [6.45, 7) is 8.33. The third kappa shape index (κ3) is 3.46. The van der Waals surface area contributed by atoms with Gasteiger partial charge in [0.25, 0.3) is 0 Å². The molecule has 0 aliphatic heterocycles. The lowest BCUT2D eigenvalue weighted by Gasteiger charge is -2.26. The van der Waals surface area contributed by atoms with Crippen LogP contribution < -0.4 is 10.6 Å². The van der Waals surface area contributed by atoms with E-state index in [0.717, 1.165) is 0 Å². The first-order chi connectivity index (χ1) is 7.33. The van der Waals surface area contributed by atoms with E-state index < -0.39 is 5.60 Å². The van der Waals surface area contributed by atoms with Crippen LogP contribution in [0.3, 0.4) is 0 Å². The Bertz CT molecular complexity index is 330. The van der Waals surface area contributed by atoms with Gasteiger partial charge in [-0.05, 0) is 27.7 Å². The van der Waals surface area contributed by atoms with Gasteiger partial charge in [-0.25, -0.2) is 0 Å². The molecule has 0 aromatic carbocycles. The summed E-state index contributed by atoms with van der Waals surface area (Å²) in [6.07, 6.45) is 0. The molecule has 3 N–H and O–H groups in total. The predicted molar refractivity (Wildman–Crippen MR) is 61.1 cm³/mol. The molecule has 1 rings (SSSR count). The van der Waals surface area contributed by atoms with Crippen molar-refractivity contribution in [3.8, 4) is 0 Å². The Morgan fingerprint density at radius 2 is 2.12 bits per heavy atom. The largest absolute Gasteiger partial charge is 0.406 e. The molecule has 0 aliphatic rings. The standard InChI is InChI=1S/C10H20N4O2/c1-5-14(6-10(3,4)15)9-13-12-8(16-9)7(2)11/h7,15H,5-6,11H2,1-4H3. The summed E-state index contributed by atoms with van der Waals surface area (Å²) >= 11 is 0. The van der Waals surface area contributed by atoms with E-state index in [1.165, 1.54) is 0 Å². The van der Waals surface area contributed by atoms with E-state index in [4.69, 9.17) is 10.2 Å². The van der Waals surface area contributed by atoms with Crippen LogP contribution in [0, 0.1) is 0 Å². The van der Waals surface area contributed by atoms with Gasteiger partial charge in [0.15, 0.2) is 0 Å². The molecule has 1 atom stereocenters. The van der Waals surface area contributed by atoms with E-state index in [1.807, 2.05) is 11.8 Å². The highest BCUT2D eigenvalue weighted by molar-refractivity contribution is 5.24. The molecule has 0 aliphatic carbocycles. The zero-order valence-electron chi connectivity index (χ0n) is 10.3. The minimum absolute atomic E-state index is 0.276. The highest BCUT2D eigenvalue weighted by Crippen LogP contribution is 2.17.